The van der Waals surface area contributed by atoms with E-state index < -0.39 is 0 Å². The number of piperazine rings is 1. The Hall–Kier alpha value is -2.64. The quantitative estimate of drug-likeness (QED) is 0.621. The van der Waals surface area contributed by atoms with E-state index in [-0.39, 0.29) is 29.8 Å². The third-order valence-corrected chi connectivity index (χ3v) is 7.25. The van der Waals surface area contributed by atoms with Gasteiger partial charge in [-0.05, 0) is 63.6 Å². The highest BCUT2D eigenvalue weighted by Crippen LogP contribution is 2.30. The summed E-state index contributed by atoms with van der Waals surface area (Å²) >= 11 is 5.94. The maximum absolute atomic E-state index is 14.6. The summed E-state index contributed by atoms with van der Waals surface area (Å²) in [4.78, 5) is 21.7. The summed E-state index contributed by atoms with van der Waals surface area (Å²) in [6, 6.07) is 11.0. The van der Waals surface area contributed by atoms with Gasteiger partial charge in [0.2, 0.25) is 5.91 Å². The van der Waals surface area contributed by atoms with Gasteiger partial charge in [0.15, 0.2) is 0 Å². The Labute approximate surface area is 198 Å². The first-order valence-corrected chi connectivity index (χ1v) is 12.0. The van der Waals surface area contributed by atoms with Crippen molar-refractivity contribution in [2.75, 3.05) is 31.1 Å². The Kier molecular flexibility index (Phi) is 6.01. The molecule has 2 aromatic carbocycles. The number of benzene rings is 2. The van der Waals surface area contributed by atoms with Crippen molar-refractivity contribution in [1.82, 2.24) is 19.8 Å². The second-order valence-corrected chi connectivity index (χ2v) is 9.58. The summed E-state index contributed by atoms with van der Waals surface area (Å²) in [7, 11) is 0. The SMILES string of the molecule is CC(c1ccc(Cl)cc1F)n1cnc2ccc(N3CCN(C(=O)C4CCCN4)C[C@@H]3C)cc21. The standard InChI is InChI=1S/C25H29ClFN5O/c1-16-14-30(25(33)23-4-3-9-28-23)10-11-31(16)19-6-8-22-24(13-19)32(15-29-22)17(2)20-7-5-18(26)12-21(20)27/h5-8,12-13,15-17,23,28H,3-4,9-11,14H2,1-2H3/t16-,17?,23?/m0/s1. The lowest BCUT2D eigenvalue weighted by Gasteiger charge is -2.42. The van der Waals surface area contributed by atoms with Crippen LogP contribution in [-0.4, -0.2) is 58.6 Å². The van der Waals surface area contributed by atoms with Crippen LogP contribution in [0.15, 0.2) is 42.7 Å². The first kappa shape index (κ1) is 22.2. The molecule has 3 atom stereocenters. The van der Waals surface area contributed by atoms with Crippen LogP contribution in [0.3, 0.4) is 0 Å². The predicted octanol–water partition coefficient (Wildman–Crippen LogP) is 4.23. The number of halogens is 2. The van der Waals surface area contributed by atoms with Crippen molar-refractivity contribution in [2.24, 2.45) is 0 Å². The second-order valence-electron chi connectivity index (χ2n) is 9.14. The molecule has 1 aromatic heterocycles. The Morgan fingerprint density at radius 2 is 2.09 bits per heavy atom. The second kappa shape index (κ2) is 8.95. The summed E-state index contributed by atoms with van der Waals surface area (Å²) in [5.74, 6) is -0.0921. The molecule has 0 saturated carbocycles. The third kappa shape index (κ3) is 4.20. The molecule has 3 heterocycles. The molecule has 174 valence electrons. The number of rotatable bonds is 4. The molecule has 2 aliphatic heterocycles. The van der Waals surface area contributed by atoms with Crippen LogP contribution in [0.1, 0.15) is 38.3 Å². The zero-order valence-electron chi connectivity index (χ0n) is 19.0. The smallest absolute Gasteiger partial charge is 0.239 e. The first-order chi connectivity index (χ1) is 15.9. The Morgan fingerprint density at radius 1 is 1.24 bits per heavy atom. The van der Waals surface area contributed by atoms with Crippen molar-refractivity contribution in [1.29, 1.82) is 0 Å². The average molecular weight is 470 g/mol. The molecule has 8 heteroatoms. The minimum absolute atomic E-state index is 0.0239. The number of nitrogens with zero attached hydrogens (tertiary/aromatic N) is 4. The van der Waals surface area contributed by atoms with Gasteiger partial charge >= 0.3 is 0 Å². The maximum Gasteiger partial charge on any atom is 0.239 e. The number of hydrogen-bond donors (Lipinski definition) is 1. The lowest BCUT2D eigenvalue weighted by Crippen LogP contribution is -2.56. The molecule has 2 saturated heterocycles. The summed E-state index contributed by atoms with van der Waals surface area (Å²) in [5.41, 5.74) is 3.49. The molecular weight excluding hydrogens is 441 g/mol. The number of aromatic nitrogens is 2. The third-order valence-electron chi connectivity index (χ3n) is 7.02. The summed E-state index contributed by atoms with van der Waals surface area (Å²) < 4.78 is 16.6. The van der Waals surface area contributed by atoms with Gasteiger partial charge in [0.05, 0.1) is 29.4 Å². The average Bonchev–Trinajstić information content (AvgIpc) is 3.48. The number of nitrogens with one attached hydrogen (secondary N) is 1. The van der Waals surface area contributed by atoms with E-state index in [0.717, 1.165) is 42.7 Å². The van der Waals surface area contributed by atoms with Crippen LogP contribution < -0.4 is 10.2 Å². The van der Waals surface area contributed by atoms with E-state index in [2.05, 4.69) is 34.3 Å². The fraction of sp³-hybridized carbons (Fsp3) is 0.440. The molecule has 2 fully saturated rings. The van der Waals surface area contributed by atoms with Crippen molar-refractivity contribution in [3.05, 3.63) is 59.1 Å². The molecule has 2 unspecified atom stereocenters. The molecule has 33 heavy (non-hydrogen) atoms. The Balaban J connectivity index is 1.38. The molecular formula is C25H29ClFN5O. The van der Waals surface area contributed by atoms with Crippen LogP contribution in [0.4, 0.5) is 10.1 Å². The topological polar surface area (TPSA) is 53.4 Å². The lowest BCUT2D eigenvalue weighted by molar-refractivity contribution is -0.133. The highest BCUT2D eigenvalue weighted by atomic mass is 35.5. The van der Waals surface area contributed by atoms with Gasteiger partial charge < -0.3 is 19.7 Å². The number of carbonyl (C=O) groups is 1. The van der Waals surface area contributed by atoms with Crippen LogP contribution in [0.2, 0.25) is 5.02 Å². The van der Waals surface area contributed by atoms with Crippen LogP contribution in [-0.2, 0) is 4.79 Å². The lowest BCUT2D eigenvalue weighted by atomic mass is 10.1. The Bertz CT molecular complexity index is 1170. The minimum Gasteiger partial charge on any atom is -0.365 e. The molecule has 2 aliphatic rings. The number of carbonyl (C=O) groups excluding carboxylic acids is 1. The van der Waals surface area contributed by atoms with E-state index in [0.29, 0.717) is 23.7 Å². The predicted molar refractivity (Wildman–Crippen MR) is 129 cm³/mol. The fourth-order valence-corrected chi connectivity index (χ4v) is 5.31. The zero-order chi connectivity index (χ0) is 23.1. The highest BCUT2D eigenvalue weighted by molar-refractivity contribution is 6.30. The number of fused-ring (bicyclic) bond motifs is 1. The molecule has 0 bridgehead atoms. The van der Waals surface area contributed by atoms with E-state index in [9.17, 15) is 9.18 Å². The van der Waals surface area contributed by atoms with Crippen molar-refractivity contribution < 1.29 is 9.18 Å². The minimum atomic E-state index is -0.320. The van der Waals surface area contributed by atoms with E-state index >= 15 is 0 Å². The van der Waals surface area contributed by atoms with Crippen LogP contribution in [0.25, 0.3) is 11.0 Å². The fourth-order valence-electron chi connectivity index (χ4n) is 5.15. The molecule has 1 amide bonds. The highest BCUT2D eigenvalue weighted by Gasteiger charge is 2.32. The van der Waals surface area contributed by atoms with Gasteiger partial charge in [-0.3, -0.25) is 4.79 Å². The van der Waals surface area contributed by atoms with Gasteiger partial charge in [0.1, 0.15) is 5.82 Å². The summed E-state index contributed by atoms with van der Waals surface area (Å²) in [6.45, 7) is 7.25. The molecule has 6 nitrogen and oxygen atoms in total. The van der Waals surface area contributed by atoms with Crippen molar-refractivity contribution in [2.45, 2.75) is 44.8 Å². The monoisotopic (exact) mass is 469 g/mol. The van der Waals surface area contributed by atoms with Gasteiger partial charge in [0, 0.05) is 41.9 Å². The molecule has 0 spiro atoms. The maximum atomic E-state index is 14.6. The van der Waals surface area contributed by atoms with E-state index in [1.54, 1.807) is 18.5 Å². The zero-order valence-corrected chi connectivity index (χ0v) is 19.7. The van der Waals surface area contributed by atoms with Gasteiger partial charge in [-0.1, -0.05) is 17.7 Å². The molecule has 5 rings (SSSR count). The van der Waals surface area contributed by atoms with Crippen molar-refractivity contribution in [3.8, 4) is 0 Å². The van der Waals surface area contributed by atoms with Crippen LogP contribution in [0.5, 0.6) is 0 Å². The van der Waals surface area contributed by atoms with E-state index in [1.165, 1.54) is 6.07 Å². The number of amides is 1. The van der Waals surface area contributed by atoms with Gasteiger partial charge in [-0.15, -0.1) is 0 Å². The first-order valence-electron chi connectivity index (χ1n) is 11.6. The van der Waals surface area contributed by atoms with Crippen LogP contribution >= 0.6 is 11.6 Å². The summed E-state index contributed by atoms with van der Waals surface area (Å²) in [6.07, 6.45) is 3.76. The molecule has 3 aromatic rings. The number of imidazole rings is 1. The molecule has 1 N–H and O–H groups in total. The summed E-state index contributed by atoms with van der Waals surface area (Å²) in [5, 5.41) is 3.70. The Morgan fingerprint density at radius 3 is 2.82 bits per heavy atom. The van der Waals surface area contributed by atoms with Crippen LogP contribution in [0, 0.1) is 5.82 Å². The van der Waals surface area contributed by atoms with E-state index in [4.69, 9.17) is 11.6 Å². The van der Waals surface area contributed by atoms with Crippen molar-refractivity contribution >= 4 is 34.2 Å². The normalized spacial score (nSPS) is 22.2. The van der Waals surface area contributed by atoms with Gasteiger partial charge in [-0.25, -0.2) is 9.37 Å². The number of hydrogen-bond acceptors (Lipinski definition) is 4. The van der Waals surface area contributed by atoms with E-state index in [1.807, 2.05) is 22.5 Å². The van der Waals surface area contributed by atoms with Gasteiger partial charge in [-0.2, -0.15) is 0 Å². The van der Waals surface area contributed by atoms with Gasteiger partial charge in [0.25, 0.3) is 0 Å². The molecule has 0 aliphatic carbocycles. The van der Waals surface area contributed by atoms with Crippen molar-refractivity contribution in [3.63, 3.8) is 0 Å². The molecule has 0 radical (unpaired) electrons. The number of anilines is 1. The largest absolute Gasteiger partial charge is 0.365 e.